The van der Waals surface area contributed by atoms with Gasteiger partial charge in [-0.3, -0.25) is 0 Å². The first-order chi connectivity index (χ1) is 8.67. The van der Waals surface area contributed by atoms with Gasteiger partial charge in [-0.2, -0.15) is 0 Å². The lowest BCUT2D eigenvalue weighted by Crippen LogP contribution is -2.20. The molecule has 0 aliphatic heterocycles. The van der Waals surface area contributed by atoms with Crippen molar-refractivity contribution in [1.82, 2.24) is 5.32 Å². The number of hydrogen-bond donors (Lipinski definition) is 1. The molecule has 0 amide bonds. The van der Waals surface area contributed by atoms with Crippen molar-refractivity contribution in [3.8, 4) is 11.5 Å². The average molecular weight is 314 g/mol. The van der Waals surface area contributed by atoms with Gasteiger partial charge in [-0.05, 0) is 52.7 Å². The van der Waals surface area contributed by atoms with Crippen LogP contribution in [0.5, 0.6) is 11.5 Å². The highest BCUT2D eigenvalue weighted by molar-refractivity contribution is 9.10. The van der Waals surface area contributed by atoms with Crippen LogP contribution in [0.25, 0.3) is 0 Å². The molecule has 0 aromatic heterocycles. The lowest BCUT2D eigenvalue weighted by atomic mass is 10.3. The molecule has 0 spiro atoms. The Labute approximate surface area is 117 Å². The summed E-state index contributed by atoms with van der Waals surface area (Å²) in [6.07, 6.45) is 1.12. The predicted octanol–water partition coefficient (Wildman–Crippen LogP) is 3.39. The summed E-state index contributed by atoms with van der Waals surface area (Å²) in [5, 5.41) is 3.29. The van der Waals surface area contributed by atoms with Crippen molar-refractivity contribution in [2.45, 2.75) is 13.3 Å². The topological polar surface area (TPSA) is 30.5 Å². The molecule has 1 aromatic rings. The van der Waals surface area contributed by atoms with Gasteiger partial charge in [-0.15, -0.1) is 0 Å². The molecule has 1 N–H and O–H groups in total. The Morgan fingerprint density at radius 2 is 2.22 bits per heavy atom. The molecule has 18 heavy (non-hydrogen) atoms. The number of rotatable bonds is 8. The first-order valence-corrected chi connectivity index (χ1v) is 6.80. The Kier molecular flexibility index (Phi) is 6.83. The molecule has 0 saturated carbocycles. The molecule has 0 saturated heterocycles. The van der Waals surface area contributed by atoms with E-state index in [1.165, 1.54) is 0 Å². The minimum Gasteiger partial charge on any atom is -0.497 e. The third-order valence-corrected chi connectivity index (χ3v) is 2.99. The summed E-state index contributed by atoms with van der Waals surface area (Å²) in [4.78, 5) is 0. The quantitative estimate of drug-likeness (QED) is 0.589. The zero-order valence-corrected chi connectivity index (χ0v) is 12.5. The van der Waals surface area contributed by atoms with Crippen LogP contribution in [-0.4, -0.2) is 26.8 Å². The van der Waals surface area contributed by atoms with Crippen molar-refractivity contribution in [2.75, 3.05) is 26.8 Å². The Morgan fingerprint density at radius 1 is 1.44 bits per heavy atom. The van der Waals surface area contributed by atoms with Gasteiger partial charge in [-0.25, -0.2) is 0 Å². The summed E-state index contributed by atoms with van der Waals surface area (Å²) in [6.45, 7) is 8.43. The van der Waals surface area contributed by atoms with Crippen LogP contribution in [0.1, 0.15) is 13.3 Å². The average Bonchev–Trinajstić information content (AvgIpc) is 2.37. The van der Waals surface area contributed by atoms with Gasteiger partial charge in [0.25, 0.3) is 0 Å². The van der Waals surface area contributed by atoms with Gasteiger partial charge in [0.2, 0.25) is 0 Å². The summed E-state index contributed by atoms with van der Waals surface area (Å²) in [5.41, 5.74) is 1.03. The SMILES string of the molecule is C=C(CNCCC)COc1ccc(OC)cc1Br. The van der Waals surface area contributed by atoms with E-state index in [-0.39, 0.29) is 0 Å². The molecule has 4 heteroatoms. The fourth-order valence-corrected chi connectivity index (χ4v) is 1.87. The molecule has 100 valence electrons. The van der Waals surface area contributed by atoms with Gasteiger partial charge in [-0.1, -0.05) is 13.5 Å². The summed E-state index contributed by atoms with van der Waals surface area (Å²) >= 11 is 3.45. The van der Waals surface area contributed by atoms with Crippen LogP contribution in [0.3, 0.4) is 0 Å². The van der Waals surface area contributed by atoms with Crippen LogP contribution in [0.2, 0.25) is 0 Å². The van der Waals surface area contributed by atoms with Crippen LogP contribution >= 0.6 is 15.9 Å². The van der Waals surface area contributed by atoms with Crippen LogP contribution in [0, 0.1) is 0 Å². The minimum absolute atomic E-state index is 0.516. The van der Waals surface area contributed by atoms with Gasteiger partial charge >= 0.3 is 0 Å². The summed E-state index contributed by atoms with van der Waals surface area (Å²) in [5.74, 6) is 1.60. The molecular formula is C14H20BrNO2. The van der Waals surface area contributed by atoms with E-state index < -0.39 is 0 Å². The third kappa shape index (κ3) is 5.10. The molecule has 0 aliphatic carbocycles. The largest absolute Gasteiger partial charge is 0.497 e. The highest BCUT2D eigenvalue weighted by atomic mass is 79.9. The van der Waals surface area contributed by atoms with E-state index in [0.29, 0.717) is 6.61 Å². The zero-order chi connectivity index (χ0) is 13.4. The van der Waals surface area contributed by atoms with E-state index in [1.54, 1.807) is 7.11 Å². The molecule has 1 rings (SSSR count). The number of benzene rings is 1. The molecule has 0 heterocycles. The number of hydrogen-bond acceptors (Lipinski definition) is 3. The molecule has 1 aromatic carbocycles. The lowest BCUT2D eigenvalue weighted by molar-refractivity contribution is 0.344. The minimum atomic E-state index is 0.516. The molecule has 0 unspecified atom stereocenters. The van der Waals surface area contributed by atoms with E-state index in [2.05, 4.69) is 34.7 Å². The van der Waals surface area contributed by atoms with Crippen LogP contribution in [0.15, 0.2) is 34.8 Å². The number of nitrogens with one attached hydrogen (secondary N) is 1. The summed E-state index contributed by atoms with van der Waals surface area (Å²) < 4.78 is 11.7. The molecule has 0 aliphatic rings. The van der Waals surface area contributed by atoms with Gasteiger partial charge in [0.05, 0.1) is 11.6 Å². The van der Waals surface area contributed by atoms with Crippen LogP contribution in [-0.2, 0) is 0 Å². The normalized spacial score (nSPS) is 10.2. The Morgan fingerprint density at radius 3 is 2.83 bits per heavy atom. The molecule has 0 atom stereocenters. The second-order valence-electron chi connectivity index (χ2n) is 4.01. The second-order valence-corrected chi connectivity index (χ2v) is 4.87. The van der Waals surface area contributed by atoms with Crippen LogP contribution in [0.4, 0.5) is 0 Å². The van der Waals surface area contributed by atoms with Gasteiger partial charge < -0.3 is 14.8 Å². The van der Waals surface area contributed by atoms with Gasteiger partial charge in [0.15, 0.2) is 0 Å². The third-order valence-electron chi connectivity index (χ3n) is 2.37. The first kappa shape index (κ1) is 15.1. The fraction of sp³-hybridized carbons (Fsp3) is 0.429. The van der Waals surface area contributed by atoms with E-state index in [4.69, 9.17) is 9.47 Å². The van der Waals surface area contributed by atoms with Crippen LogP contribution < -0.4 is 14.8 Å². The smallest absolute Gasteiger partial charge is 0.134 e. The maximum Gasteiger partial charge on any atom is 0.134 e. The molecule has 3 nitrogen and oxygen atoms in total. The van der Waals surface area contributed by atoms with Crippen molar-refractivity contribution in [1.29, 1.82) is 0 Å². The molecule has 0 fully saturated rings. The summed E-state index contributed by atoms with van der Waals surface area (Å²) in [7, 11) is 1.64. The fourth-order valence-electron chi connectivity index (χ4n) is 1.40. The Balaban J connectivity index is 2.41. The van der Waals surface area contributed by atoms with Crippen molar-refractivity contribution >= 4 is 15.9 Å². The maximum absolute atomic E-state index is 5.69. The van der Waals surface area contributed by atoms with Crippen molar-refractivity contribution in [3.63, 3.8) is 0 Å². The maximum atomic E-state index is 5.69. The van der Waals surface area contributed by atoms with Gasteiger partial charge in [0, 0.05) is 6.54 Å². The number of methoxy groups -OCH3 is 1. The van der Waals surface area contributed by atoms with Gasteiger partial charge in [0.1, 0.15) is 18.1 Å². The van der Waals surface area contributed by atoms with Crippen molar-refractivity contribution in [2.24, 2.45) is 0 Å². The molecule has 0 radical (unpaired) electrons. The summed E-state index contributed by atoms with van der Waals surface area (Å²) in [6, 6.07) is 5.64. The highest BCUT2D eigenvalue weighted by Gasteiger charge is 2.03. The lowest BCUT2D eigenvalue weighted by Gasteiger charge is -2.11. The first-order valence-electron chi connectivity index (χ1n) is 6.01. The Bertz CT molecular complexity index is 393. The zero-order valence-electron chi connectivity index (χ0n) is 11.0. The van der Waals surface area contributed by atoms with E-state index in [1.807, 2.05) is 18.2 Å². The Hall–Kier alpha value is -1.00. The van der Waals surface area contributed by atoms with E-state index in [0.717, 1.165) is 41.1 Å². The standard InChI is InChI=1S/C14H20BrNO2/c1-4-7-16-9-11(2)10-18-14-6-5-12(17-3)8-13(14)15/h5-6,8,16H,2,4,7,9-10H2,1,3H3. The molecular weight excluding hydrogens is 294 g/mol. The number of ether oxygens (including phenoxy) is 2. The number of halogens is 1. The predicted molar refractivity (Wildman–Crippen MR) is 78.5 cm³/mol. The van der Waals surface area contributed by atoms with E-state index in [9.17, 15) is 0 Å². The molecule has 0 bridgehead atoms. The monoisotopic (exact) mass is 313 g/mol. The second kappa shape index (κ2) is 8.16. The highest BCUT2D eigenvalue weighted by Crippen LogP contribution is 2.29. The van der Waals surface area contributed by atoms with E-state index >= 15 is 0 Å². The van der Waals surface area contributed by atoms with Crippen molar-refractivity contribution in [3.05, 3.63) is 34.8 Å². The van der Waals surface area contributed by atoms with Crippen molar-refractivity contribution < 1.29 is 9.47 Å².